The summed E-state index contributed by atoms with van der Waals surface area (Å²) in [6.45, 7) is 2.22. The lowest BCUT2D eigenvalue weighted by Gasteiger charge is -2.28. The second kappa shape index (κ2) is 12.8. The quantitative estimate of drug-likeness (QED) is 0.420. The highest BCUT2D eigenvalue weighted by Gasteiger charge is 2.37. The first-order valence-corrected chi connectivity index (χ1v) is 10.3. The maximum absolute atomic E-state index is 12.9. The molecule has 0 aromatic heterocycles. The van der Waals surface area contributed by atoms with Crippen LogP contribution in [0, 0.1) is 0 Å². The molecule has 0 radical (unpaired) electrons. The number of rotatable bonds is 2. The fourth-order valence-corrected chi connectivity index (χ4v) is 3.16. The summed E-state index contributed by atoms with van der Waals surface area (Å²) in [4.78, 5) is 10.8. The number of benzene rings is 2. The molecule has 1 N–H and O–H groups in total. The van der Waals surface area contributed by atoms with E-state index in [1.165, 1.54) is 12.1 Å². The van der Waals surface area contributed by atoms with Gasteiger partial charge < -0.3 is 5.11 Å². The molecule has 0 unspecified atom stereocenters. The van der Waals surface area contributed by atoms with Gasteiger partial charge in [-0.2, -0.15) is 39.5 Å². The molecule has 1 heterocycles. The number of carbonyl (C=O) groups is 1. The van der Waals surface area contributed by atoms with Crippen LogP contribution in [0.15, 0.2) is 48.5 Å². The van der Waals surface area contributed by atoms with Gasteiger partial charge in [-0.25, -0.2) is 0 Å². The van der Waals surface area contributed by atoms with Crippen molar-refractivity contribution < 1.29 is 49.4 Å². The van der Waals surface area contributed by atoms with Crippen LogP contribution in [0.1, 0.15) is 48.4 Å². The van der Waals surface area contributed by atoms with Gasteiger partial charge in [-0.15, -0.1) is 0 Å². The number of nitrogens with zero attached hydrogens (tertiary/aromatic N) is 1. The molecule has 2 aromatic carbocycles. The van der Waals surface area contributed by atoms with Crippen LogP contribution in [-0.4, -0.2) is 29.1 Å². The SMILES string of the molecule is CC(=O)O.FC(F)(F)c1ccc(C(F)(F)F)c(CN2CCCCC2)c1.FC(F)(F)c1ccccc1. The molecule has 0 aliphatic carbocycles. The van der Waals surface area contributed by atoms with Crippen molar-refractivity contribution in [2.75, 3.05) is 13.1 Å². The average Bonchev–Trinajstić information content (AvgIpc) is 2.73. The van der Waals surface area contributed by atoms with Gasteiger partial charge in [0.1, 0.15) is 0 Å². The van der Waals surface area contributed by atoms with Gasteiger partial charge in [0, 0.05) is 13.5 Å². The van der Waals surface area contributed by atoms with Gasteiger partial charge in [0.05, 0.1) is 16.7 Å². The number of halogens is 9. The maximum atomic E-state index is 12.9. The molecule has 2 aromatic rings. The average molecular weight is 517 g/mol. The monoisotopic (exact) mass is 517 g/mol. The highest BCUT2D eigenvalue weighted by molar-refractivity contribution is 5.62. The van der Waals surface area contributed by atoms with Gasteiger partial charge in [-0.1, -0.05) is 36.8 Å². The predicted octanol–water partition coefficient (Wildman–Crippen LogP) is 7.51. The Morgan fingerprint density at radius 3 is 1.66 bits per heavy atom. The minimum absolute atomic E-state index is 0.0984. The van der Waals surface area contributed by atoms with Gasteiger partial charge in [-0.3, -0.25) is 9.69 Å². The van der Waals surface area contributed by atoms with Crippen LogP contribution < -0.4 is 0 Å². The zero-order chi connectivity index (χ0) is 26.9. The van der Waals surface area contributed by atoms with E-state index < -0.39 is 41.2 Å². The second-order valence-corrected chi connectivity index (χ2v) is 7.59. The molecule has 0 amide bonds. The number of alkyl halides is 9. The zero-order valence-electron chi connectivity index (χ0n) is 18.6. The van der Waals surface area contributed by atoms with E-state index in [2.05, 4.69) is 0 Å². The van der Waals surface area contributed by atoms with Crippen LogP contribution in [0.2, 0.25) is 0 Å². The van der Waals surface area contributed by atoms with Gasteiger partial charge >= 0.3 is 18.5 Å². The summed E-state index contributed by atoms with van der Waals surface area (Å²) in [7, 11) is 0. The molecule has 0 saturated carbocycles. The number of carboxylic acid groups (broad SMARTS) is 1. The van der Waals surface area contributed by atoms with Gasteiger partial charge in [0.15, 0.2) is 0 Å². The normalized spacial score (nSPS) is 14.8. The van der Waals surface area contributed by atoms with Crippen molar-refractivity contribution in [1.29, 1.82) is 0 Å². The van der Waals surface area contributed by atoms with Gasteiger partial charge in [0.25, 0.3) is 5.97 Å². The topological polar surface area (TPSA) is 40.5 Å². The Balaban J connectivity index is 0.000000362. The summed E-state index contributed by atoms with van der Waals surface area (Å²) in [6, 6.07) is 8.00. The standard InChI is InChI=1S/C14H15F6N.C7H5F3.C2H4O2/c15-13(16,17)11-4-5-12(14(18,19)20)10(8-11)9-21-6-2-1-3-7-21;8-7(9,10)6-4-2-1-3-5-6;1-2(3)4/h4-5,8H,1-3,6-7,9H2;1-5H;1H3,(H,3,4). The molecule has 1 saturated heterocycles. The fraction of sp³-hybridized carbons (Fsp3) is 0.435. The first-order valence-electron chi connectivity index (χ1n) is 10.3. The Labute approximate surface area is 196 Å². The van der Waals surface area contributed by atoms with E-state index in [1.807, 2.05) is 0 Å². The minimum atomic E-state index is -4.64. The summed E-state index contributed by atoms with van der Waals surface area (Å²) in [5, 5.41) is 7.42. The summed E-state index contributed by atoms with van der Waals surface area (Å²) >= 11 is 0. The molecule has 3 rings (SSSR count). The lowest BCUT2D eigenvalue weighted by Crippen LogP contribution is -2.30. The molecule has 12 heteroatoms. The summed E-state index contributed by atoms with van der Waals surface area (Å²) < 4.78 is 112. The Morgan fingerprint density at radius 1 is 0.771 bits per heavy atom. The number of hydrogen-bond donors (Lipinski definition) is 1. The minimum Gasteiger partial charge on any atom is -0.481 e. The number of likely N-dealkylation sites (tertiary alicyclic amines) is 1. The lowest BCUT2D eigenvalue weighted by atomic mass is 10.0. The number of piperidine rings is 1. The van der Waals surface area contributed by atoms with E-state index in [1.54, 1.807) is 11.0 Å². The van der Waals surface area contributed by atoms with E-state index >= 15 is 0 Å². The third-order valence-electron chi connectivity index (χ3n) is 4.68. The van der Waals surface area contributed by atoms with Crippen molar-refractivity contribution >= 4 is 5.97 Å². The molecule has 1 aliphatic rings. The van der Waals surface area contributed by atoms with Crippen LogP contribution in [-0.2, 0) is 29.9 Å². The third-order valence-corrected chi connectivity index (χ3v) is 4.68. The molecule has 1 fully saturated rings. The zero-order valence-corrected chi connectivity index (χ0v) is 18.6. The Bertz CT molecular complexity index is 913. The fourth-order valence-electron chi connectivity index (χ4n) is 3.16. The van der Waals surface area contributed by atoms with E-state index in [9.17, 15) is 39.5 Å². The molecule has 0 spiro atoms. The molecular formula is C23H24F9NO2. The number of aliphatic carboxylic acids is 1. The summed E-state index contributed by atoms with van der Waals surface area (Å²) in [5.41, 5.74) is -2.93. The van der Waals surface area contributed by atoms with Crippen molar-refractivity contribution in [2.45, 2.75) is 51.3 Å². The van der Waals surface area contributed by atoms with E-state index in [-0.39, 0.29) is 12.1 Å². The third kappa shape index (κ3) is 11.5. The van der Waals surface area contributed by atoms with Crippen LogP contribution in [0.25, 0.3) is 0 Å². The van der Waals surface area contributed by atoms with Crippen molar-refractivity contribution in [3.05, 3.63) is 70.8 Å². The molecule has 35 heavy (non-hydrogen) atoms. The van der Waals surface area contributed by atoms with Crippen LogP contribution >= 0.6 is 0 Å². The Hall–Kier alpha value is -2.76. The van der Waals surface area contributed by atoms with Crippen molar-refractivity contribution in [1.82, 2.24) is 4.90 Å². The summed E-state index contributed by atoms with van der Waals surface area (Å²) in [6.07, 6.45) is -10.8. The second-order valence-electron chi connectivity index (χ2n) is 7.59. The largest absolute Gasteiger partial charge is 0.481 e. The van der Waals surface area contributed by atoms with Crippen molar-refractivity contribution in [3.63, 3.8) is 0 Å². The highest BCUT2D eigenvalue weighted by Crippen LogP contribution is 2.37. The summed E-state index contributed by atoms with van der Waals surface area (Å²) in [5.74, 6) is -0.833. The van der Waals surface area contributed by atoms with Crippen molar-refractivity contribution in [3.8, 4) is 0 Å². The molecule has 0 bridgehead atoms. The van der Waals surface area contributed by atoms with E-state index in [0.717, 1.165) is 38.3 Å². The van der Waals surface area contributed by atoms with Crippen LogP contribution in [0.3, 0.4) is 0 Å². The van der Waals surface area contributed by atoms with E-state index in [4.69, 9.17) is 9.90 Å². The number of carboxylic acids is 1. The van der Waals surface area contributed by atoms with Gasteiger partial charge in [0.2, 0.25) is 0 Å². The molecule has 1 aliphatic heterocycles. The number of hydrogen-bond acceptors (Lipinski definition) is 2. The molecular weight excluding hydrogens is 493 g/mol. The molecule has 0 atom stereocenters. The molecule has 196 valence electrons. The van der Waals surface area contributed by atoms with E-state index in [0.29, 0.717) is 31.3 Å². The Morgan fingerprint density at radius 2 is 1.26 bits per heavy atom. The Kier molecular flexibility index (Phi) is 11.1. The van der Waals surface area contributed by atoms with Crippen molar-refractivity contribution in [2.24, 2.45) is 0 Å². The van der Waals surface area contributed by atoms with Gasteiger partial charge in [-0.05, 0) is 49.7 Å². The lowest BCUT2D eigenvalue weighted by molar-refractivity contribution is -0.142. The smallest absolute Gasteiger partial charge is 0.416 e. The highest BCUT2D eigenvalue weighted by atomic mass is 19.4. The van der Waals surface area contributed by atoms with Crippen LogP contribution in [0.4, 0.5) is 39.5 Å². The first-order chi connectivity index (χ1) is 16.0. The first kappa shape index (κ1) is 30.3. The maximum Gasteiger partial charge on any atom is 0.416 e. The molecule has 3 nitrogen and oxygen atoms in total. The predicted molar refractivity (Wildman–Crippen MR) is 110 cm³/mol. The van der Waals surface area contributed by atoms with Crippen LogP contribution in [0.5, 0.6) is 0 Å².